The Kier molecular flexibility index (Phi) is 3.01. The normalized spacial score (nSPS) is 9.33. The van der Waals surface area contributed by atoms with Crippen molar-refractivity contribution >= 4 is 27.6 Å². The molecular formula is C8H3BrN2O4. The van der Waals surface area contributed by atoms with Crippen molar-refractivity contribution in [1.29, 1.82) is 5.26 Å². The smallest absolute Gasteiger partial charge is 0.337 e. The predicted molar refractivity (Wildman–Crippen MR) is 52.5 cm³/mol. The second-order valence-electron chi connectivity index (χ2n) is 2.53. The van der Waals surface area contributed by atoms with Crippen LogP contribution in [0.15, 0.2) is 16.6 Å². The van der Waals surface area contributed by atoms with Crippen molar-refractivity contribution in [2.24, 2.45) is 0 Å². The molecule has 0 spiro atoms. The number of nitro benzene ring substituents is 1. The number of nitro groups is 1. The second kappa shape index (κ2) is 4.06. The minimum absolute atomic E-state index is 0.0673. The Morgan fingerprint density at radius 2 is 2.20 bits per heavy atom. The van der Waals surface area contributed by atoms with E-state index in [-0.39, 0.29) is 15.6 Å². The highest BCUT2D eigenvalue weighted by atomic mass is 79.9. The third kappa shape index (κ3) is 2.11. The van der Waals surface area contributed by atoms with E-state index in [9.17, 15) is 14.9 Å². The number of carboxylic acid groups (broad SMARTS) is 1. The highest BCUT2D eigenvalue weighted by molar-refractivity contribution is 9.10. The van der Waals surface area contributed by atoms with Crippen LogP contribution in [-0.2, 0) is 0 Å². The molecule has 1 N–H and O–H groups in total. The maximum absolute atomic E-state index is 10.7. The van der Waals surface area contributed by atoms with E-state index in [1.54, 1.807) is 6.07 Å². The number of nitrogens with zero attached hydrogens (tertiary/aromatic N) is 2. The SMILES string of the molecule is N#Cc1cc(C(=O)O)c(Br)c([N+](=O)[O-])c1. The summed E-state index contributed by atoms with van der Waals surface area (Å²) < 4.78 is -0.140. The summed E-state index contributed by atoms with van der Waals surface area (Å²) in [5, 5.41) is 27.8. The third-order valence-electron chi connectivity index (χ3n) is 1.61. The van der Waals surface area contributed by atoms with Gasteiger partial charge in [0.2, 0.25) is 0 Å². The molecule has 0 atom stereocenters. The average molecular weight is 271 g/mol. The van der Waals surface area contributed by atoms with Gasteiger partial charge >= 0.3 is 5.97 Å². The summed E-state index contributed by atoms with van der Waals surface area (Å²) >= 11 is 2.81. The number of hydrogen-bond acceptors (Lipinski definition) is 4. The molecule has 0 saturated carbocycles. The van der Waals surface area contributed by atoms with Crippen molar-refractivity contribution in [3.05, 3.63) is 37.8 Å². The fraction of sp³-hybridized carbons (Fsp3) is 0. The number of aromatic carboxylic acids is 1. The first-order valence-corrected chi connectivity index (χ1v) is 4.38. The van der Waals surface area contributed by atoms with Gasteiger partial charge in [0.05, 0.1) is 22.1 Å². The maximum atomic E-state index is 10.7. The molecule has 0 aliphatic carbocycles. The van der Waals surface area contributed by atoms with Gasteiger partial charge in [-0.05, 0) is 22.0 Å². The molecular weight excluding hydrogens is 268 g/mol. The lowest BCUT2D eigenvalue weighted by Crippen LogP contribution is -2.01. The molecule has 1 aromatic carbocycles. The van der Waals surface area contributed by atoms with Gasteiger partial charge in [-0.2, -0.15) is 5.26 Å². The van der Waals surface area contributed by atoms with Crippen LogP contribution >= 0.6 is 15.9 Å². The quantitative estimate of drug-likeness (QED) is 0.653. The number of benzene rings is 1. The summed E-state index contributed by atoms with van der Waals surface area (Å²) in [5.41, 5.74) is -0.811. The molecule has 15 heavy (non-hydrogen) atoms. The standard InChI is InChI=1S/C8H3BrN2O4/c9-7-5(8(12)13)1-4(3-10)2-6(7)11(14)15/h1-2H,(H,12,13). The summed E-state index contributed by atoms with van der Waals surface area (Å²) in [4.78, 5) is 20.5. The van der Waals surface area contributed by atoms with Gasteiger partial charge in [0.15, 0.2) is 0 Å². The number of carboxylic acids is 1. The van der Waals surface area contributed by atoms with Crippen LogP contribution in [0.2, 0.25) is 0 Å². The van der Waals surface area contributed by atoms with E-state index in [2.05, 4.69) is 15.9 Å². The van der Waals surface area contributed by atoms with Crippen molar-refractivity contribution in [1.82, 2.24) is 0 Å². The molecule has 0 saturated heterocycles. The van der Waals surface area contributed by atoms with Crippen LogP contribution in [0, 0.1) is 21.4 Å². The fourth-order valence-corrected chi connectivity index (χ4v) is 1.51. The second-order valence-corrected chi connectivity index (χ2v) is 3.32. The molecule has 0 unspecified atom stereocenters. The Morgan fingerprint density at radius 1 is 1.60 bits per heavy atom. The molecule has 7 heteroatoms. The van der Waals surface area contributed by atoms with Gasteiger partial charge in [0, 0.05) is 6.07 Å². The Balaban J connectivity index is 3.56. The number of halogens is 1. The lowest BCUT2D eigenvalue weighted by Gasteiger charge is -2.00. The van der Waals surface area contributed by atoms with E-state index in [1.165, 1.54) is 0 Å². The van der Waals surface area contributed by atoms with E-state index >= 15 is 0 Å². The molecule has 0 fully saturated rings. The Hall–Kier alpha value is -1.94. The van der Waals surface area contributed by atoms with Crippen LogP contribution in [0.25, 0.3) is 0 Å². The van der Waals surface area contributed by atoms with Gasteiger partial charge in [-0.3, -0.25) is 10.1 Å². The number of rotatable bonds is 2. The third-order valence-corrected chi connectivity index (χ3v) is 2.44. The Bertz CT molecular complexity index is 457. The molecule has 6 nitrogen and oxygen atoms in total. The van der Waals surface area contributed by atoms with Crippen LogP contribution in [0.4, 0.5) is 5.69 Å². The minimum atomic E-state index is -1.33. The fourth-order valence-electron chi connectivity index (χ4n) is 0.962. The topological polar surface area (TPSA) is 104 Å². The van der Waals surface area contributed by atoms with Crippen LogP contribution in [0.3, 0.4) is 0 Å². The van der Waals surface area contributed by atoms with Crippen molar-refractivity contribution in [3.8, 4) is 6.07 Å². The highest BCUT2D eigenvalue weighted by Crippen LogP contribution is 2.29. The van der Waals surface area contributed by atoms with Crippen molar-refractivity contribution < 1.29 is 14.8 Å². The molecule has 0 aliphatic heterocycles. The Morgan fingerprint density at radius 3 is 2.60 bits per heavy atom. The first kappa shape index (κ1) is 11.1. The summed E-state index contributed by atoms with van der Waals surface area (Å²) in [6.07, 6.45) is 0. The molecule has 1 aromatic rings. The van der Waals surface area contributed by atoms with Crippen molar-refractivity contribution in [2.45, 2.75) is 0 Å². The average Bonchev–Trinajstić information content (AvgIpc) is 2.17. The largest absolute Gasteiger partial charge is 0.478 e. The summed E-state index contributed by atoms with van der Waals surface area (Å²) in [7, 11) is 0. The van der Waals surface area contributed by atoms with E-state index < -0.39 is 16.6 Å². The van der Waals surface area contributed by atoms with Gasteiger partial charge in [-0.1, -0.05) is 0 Å². The zero-order valence-corrected chi connectivity index (χ0v) is 8.69. The maximum Gasteiger partial charge on any atom is 0.337 e. The first-order valence-electron chi connectivity index (χ1n) is 3.58. The van der Waals surface area contributed by atoms with Crippen LogP contribution in [0.1, 0.15) is 15.9 Å². The van der Waals surface area contributed by atoms with E-state index in [1.807, 2.05) is 0 Å². The van der Waals surface area contributed by atoms with Crippen molar-refractivity contribution in [2.75, 3.05) is 0 Å². The summed E-state index contributed by atoms with van der Waals surface area (Å²) in [6, 6.07) is 3.74. The molecule has 0 heterocycles. The Labute approximate surface area is 92.0 Å². The van der Waals surface area contributed by atoms with Crippen molar-refractivity contribution in [3.63, 3.8) is 0 Å². The van der Waals surface area contributed by atoms with Gasteiger partial charge in [-0.25, -0.2) is 4.79 Å². The molecule has 0 aliphatic rings. The zero-order chi connectivity index (χ0) is 11.6. The van der Waals surface area contributed by atoms with Crippen LogP contribution < -0.4 is 0 Å². The molecule has 0 amide bonds. The molecule has 0 bridgehead atoms. The molecule has 1 rings (SSSR count). The van der Waals surface area contributed by atoms with Gasteiger partial charge < -0.3 is 5.11 Å². The molecule has 76 valence electrons. The van der Waals surface area contributed by atoms with Crippen LogP contribution in [0.5, 0.6) is 0 Å². The lowest BCUT2D eigenvalue weighted by molar-refractivity contribution is -0.385. The molecule has 0 aromatic heterocycles. The lowest BCUT2D eigenvalue weighted by atomic mass is 10.1. The summed E-state index contributed by atoms with van der Waals surface area (Å²) in [6.45, 7) is 0. The minimum Gasteiger partial charge on any atom is -0.478 e. The van der Waals surface area contributed by atoms with Gasteiger partial charge in [-0.15, -0.1) is 0 Å². The summed E-state index contributed by atoms with van der Waals surface area (Å²) in [5.74, 6) is -1.33. The highest BCUT2D eigenvalue weighted by Gasteiger charge is 2.21. The molecule has 0 radical (unpaired) electrons. The number of nitriles is 1. The zero-order valence-electron chi connectivity index (χ0n) is 7.10. The van der Waals surface area contributed by atoms with E-state index in [4.69, 9.17) is 10.4 Å². The van der Waals surface area contributed by atoms with Gasteiger partial charge in [0.25, 0.3) is 5.69 Å². The number of carbonyl (C=O) groups is 1. The van der Waals surface area contributed by atoms with E-state index in [0.717, 1.165) is 12.1 Å². The first-order chi connectivity index (χ1) is 6.97. The number of hydrogen-bond donors (Lipinski definition) is 1. The monoisotopic (exact) mass is 270 g/mol. The van der Waals surface area contributed by atoms with Gasteiger partial charge in [0.1, 0.15) is 4.47 Å². The van der Waals surface area contributed by atoms with Crippen LogP contribution in [-0.4, -0.2) is 16.0 Å². The predicted octanol–water partition coefficient (Wildman–Crippen LogP) is 1.93. The van der Waals surface area contributed by atoms with E-state index in [0.29, 0.717) is 0 Å².